The van der Waals surface area contributed by atoms with Crippen molar-refractivity contribution in [2.75, 3.05) is 17.6 Å². The predicted molar refractivity (Wildman–Crippen MR) is 101 cm³/mol. The van der Waals surface area contributed by atoms with E-state index in [0.29, 0.717) is 17.0 Å². The average Bonchev–Trinajstić information content (AvgIpc) is 2.59. The normalized spacial score (nSPS) is 12.1. The van der Waals surface area contributed by atoms with E-state index in [1.54, 1.807) is 12.1 Å². The second kappa shape index (κ2) is 8.68. The molecule has 0 radical (unpaired) electrons. The molecule has 0 saturated heterocycles. The molecule has 144 valence electrons. The smallest absolute Gasteiger partial charge is 0.344 e. The maximum atomic E-state index is 12.3. The van der Waals surface area contributed by atoms with Gasteiger partial charge in [0, 0.05) is 11.3 Å². The lowest BCUT2D eigenvalue weighted by atomic mass is 10.1. The van der Waals surface area contributed by atoms with Gasteiger partial charge in [0.25, 0.3) is 0 Å². The molecule has 1 atom stereocenters. The number of Topliss-reactive ketones (excluding diaryl/α,β-unsaturated/α-hetero) is 1. The lowest BCUT2D eigenvalue weighted by molar-refractivity contribution is -0.148. The second-order valence-corrected chi connectivity index (χ2v) is 7.75. The number of aryl methyl sites for hydroxylation is 1. The van der Waals surface area contributed by atoms with E-state index >= 15 is 0 Å². The first kappa shape index (κ1) is 20.4. The summed E-state index contributed by atoms with van der Waals surface area (Å²) in [5.41, 5.74) is 1.52. The van der Waals surface area contributed by atoms with E-state index in [0.717, 1.165) is 11.8 Å². The Hall–Kier alpha value is -2.87. The van der Waals surface area contributed by atoms with Crippen LogP contribution >= 0.6 is 0 Å². The van der Waals surface area contributed by atoms with Crippen molar-refractivity contribution in [2.45, 2.75) is 20.0 Å². The third-order valence-corrected chi connectivity index (χ3v) is 4.20. The van der Waals surface area contributed by atoms with Gasteiger partial charge in [-0.25, -0.2) is 13.2 Å². The van der Waals surface area contributed by atoms with Crippen molar-refractivity contribution in [3.8, 4) is 5.75 Å². The highest BCUT2D eigenvalue weighted by molar-refractivity contribution is 7.92. The zero-order valence-corrected chi connectivity index (χ0v) is 16.1. The zero-order valence-electron chi connectivity index (χ0n) is 15.3. The lowest BCUT2D eigenvalue weighted by Crippen LogP contribution is -2.27. The van der Waals surface area contributed by atoms with Gasteiger partial charge in [-0.05, 0) is 49.7 Å². The largest absolute Gasteiger partial charge is 0.482 e. The topological polar surface area (TPSA) is 98.8 Å². The molecule has 0 bridgehead atoms. The first-order valence-electron chi connectivity index (χ1n) is 8.15. The van der Waals surface area contributed by atoms with Crippen LogP contribution in [0.1, 0.15) is 22.8 Å². The van der Waals surface area contributed by atoms with E-state index in [4.69, 9.17) is 9.47 Å². The lowest BCUT2D eigenvalue weighted by Gasteiger charge is -2.14. The highest BCUT2D eigenvalue weighted by atomic mass is 32.2. The fourth-order valence-electron chi connectivity index (χ4n) is 2.29. The van der Waals surface area contributed by atoms with Crippen LogP contribution < -0.4 is 9.46 Å². The minimum Gasteiger partial charge on any atom is -0.482 e. The number of carbonyl (C=O) groups is 2. The first-order chi connectivity index (χ1) is 12.7. The minimum absolute atomic E-state index is 0.300. The molecule has 0 spiro atoms. The molecule has 0 aromatic heterocycles. The summed E-state index contributed by atoms with van der Waals surface area (Å²) >= 11 is 0. The Bertz CT molecular complexity index is 921. The van der Waals surface area contributed by atoms with Gasteiger partial charge in [-0.2, -0.15) is 0 Å². The molecule has 27 heavy (non-hydrogen) atoms. The van der Waals surface area contributed by atoms with Gasteiger partial charge < -0.3 is 9.47 Å². The minimum atomic E-state index is -3.39. The van der Waals surface area contributed by atoms with Crippen molar-refractivity contribution in [3.63, 3.8) is 0 Å². The highest BCUT2D eigenvalue weighted by Gasteiger charge is 2.20. The number of ether oxygens (including phenoxy) is 2. The number of hydrogen-bond acceptors (Lipinski definition) is 6. The summed E-state index contributed by atoms with van der Waals surface area (Å²) < 4.78 is 35.2. The third kappa shape index (κ3) is 6.41. The summed E-state index contributed by atoms with van der Waals surface area (Å²) in [6, 6.07) is 13.1. The molecule has 7 nitrogen and oxygen atoms in total. The molecule has 1 N–H and O–H groups in total. The van der Waals surface area contributed by atoms with Crippen LogP contribution in [0.25, 0.3) is 0 Å². The van der Waals surface area contributed by atoms with Crippen molar-refractivity contribution in [2.24, 2.45) is 0 Å². The number of nitrogens with one attached hydrogen (secondary N) is 1. The fourth-order valence-corrected chi connectivity index (χ4v) is 2.86. The molecule has 2 aromatic rings. The van der Waals surface area contributed by atoms with E-state index in [1.165, 1.54) is 31.2 Å². The maximum absolute atomic E-state index is 12.3. The van der Waals surface area contributed by atoms with Crippen LogP contribution in [-0.2, 0) is 19.6 Å². The van der Waals surface area contributed by atoms with Crippen molar-refractivity contribution >= 4 is 27.5 Å². The van der Waals surface area contributed by atoms with Gasteiger partial charge in [-0.1, -0.05) is 18.2 Å². The molecule has 0 fully saturated rings. The van der Waals surface area contributed by atoms with Crippen molar-refractivity contribution in [1.29, 1.82) is 0 Å². The Kier molecular flexibility index (Phi) is 6.57. The number of sulfonamides is 1. The summed E-state index contributed by atoms with van der Waals surface area (Å²) in [7, 11) is -3.39. The van der Waals surface area contributed by atoms with Crippen molar-refractivity contribution in [3.05, 3.63) is 59.7 Å². The van der Waals surface area contributed by atoms with E-state index < -0.39 is 27.9 Å². The third-order valence-electron chi connectivity index (χ3n) is 3.59. The number of ketones is 1. The molecule has 0 saturated carbocycles. The van der Waals surface area contributed by atoms with Crippen LogP contribution in [0, 0.1) is 6.92 Å². The Balaban J connectivity index is 1.91. The molecule has 0 aliphatic rings. The van der Waals surface area contributed by atoms with Crippen LogP contribution in [0.15, 0.2) is 48.5 Å². The van der Waals surface area contributed by atoms with Crippen LogP contribution in [0.4, 0.5) is 5.69 Å². The Morgan fingerprint density at radius 3 is 2.30 bits per heavy atom. The van der Waals surface area contributed by atoms with Gasteiger partial charge in [0.05, 0.1) is 6.26 Å². The first-order valence-corrected chi connectivity index (χ1v) is 10.0. The van der Waals surface area contributed by atoms with Crippen LogP contribution in [0.5, 0.6) is 5.75 Å². The number of para-hydroxylation sites is 1. The van der Waals surface area contributed by atoms with Gasteiger partial charge >= 0.3 is 5.97 Å². The number of rotatable bonds is 8. The Morgan fingerprint density at radius 1 is 1.07 bits per heavy atom. The summed E-state index contributed by atoms with van der Waals surface area (Å²) in [5, 5.41) is 0. The van der Waals surface area contributed by atoms with Gasteiger partial charge in [0.1, 0.15) is 5.75 Å². The summed E-state index contributed by atoms with van der Waals surface area (Å²) in [6.45, 7) is 3.02. The number of anilines is 1. The van der Waals surface area contributed by atoms with Gasteiger partial charge in [-0.3, -0.25) is 9.52 Å². The van der Waals surface area contributed by atoms with Crippen molar-refractivity contribution in [1.82, 2.24) is 0 Å². The predicted octanol–water partition coefficient (Wildman–Crippen LogP) is 2.56. The molecular weight excluding hydrogens is 370 g/mol. The van der Waals surface area contributed by atoms with E-state index in [-0.39, 0.29) is 6.61 Å². The molecule has 0 aliphatic carbocycles. The number of hydrogen-bond donors (Lipinski definition) is 1. The quantitative estimate of drug-likeness (QED) is 0.548. The summed E-state index contributed by atoms with van der Waals surface area (Å²) in [5.74, 6) is -0.484. The van der Waals surface area contributed by atoms with Crippen LogP contribution in [-0.4, -0.2) is 39.1 Å². The number of esters is 1. The molecule has 0 aliphatic heterocycles. The van der Waals surface area contributed by atoms with Gasteiger partial charge in [0.2, 0.25) is 15.8 Å². The molecule has 0 heterocycles. The molecule has 8 heteroatoms. The standard InChI is InChI=1S/C19H21NO6S/c1-13-6-4-5-7-17(13)25-12-18(21)26-14(2)19(22)15-8-10-16(11-9-15)20-27(3,23)24/h4-11,14,20H,12H2,1-3H3. The SMILES string of the molecule is Cc1ccccc1OCC(=O)OC(C)C(=O)c1ccc(NS(C)(=O)=O)cc1. The monoisotopic (exact) mass is 391 g/mol. The number of carbonyl (C=O) groups excluding carboxylic acids is 2. The van der Waals surface area contributed by atoms with Gasteiger partial charge in [-0.15, -0.1) is 0 Å². The second-order valence-electron chi connectivity index (χ2n) is 6.00. The number of benzene rings is 2. The Morgan fingerprint density at radius 2 is 1.70 bits per heavy atom. The maximum Gasteiger partial charge on any atom is 0.344 e. The van der Waals surface area contributed by atoms with Crippen LogP contribution in [0.3, 0.4) is 0 Å². The molecule has 0 amide bonds. The molecule has 2 rings (SSSR count). The highest BCUT2D eigenvalue weighted by Crippen LogP contribution is 2.16. The molecule has 2 aromatic carbocycles. The van der Waals surface area contributed by atoms with Crippen LogP contribution in [0.2, 0.25) is 0 Å². The average molecular weight is 391 g/mol. The summed E-state index contributed by atoms with van der Waals surface area (Å²) in [6.07, 6.45) is 0.0405. The fraction of sp³-hybridized carbons (Fsp3) is 0.263. The zero-order chi connectivity index (χ0) is 20.0. The van der Waals surface area contributed by atoms with Gasteiger partial charge in [0.15, 0.2) is 12.7 Å². The molecule has 1 unspecified atom stereocenters. The van der Waals surface area contributed by atoms with E-state index in [2.05, 4.69) is 4.72 Å². The summed E-state index contributed by atoms with van der Waals surface area (Å²) in [4.78, 5) is 24.3. The van der Waals surface area contributed by atoms with Crippen molar-refractivity contribution < 1.29 is 27.5 Å². The molecular formula is C19H21NO6S. The Labute approximate surface area is 158 Å². The van der Waals surface area contributed by atoms with E-state index in [9.17, 15) is 18.0 Å². The van der Waals surface area contributed by atoms with E-state index in [1.807, 2.05) is 19.1 Å².